The van der Waals surface area contributed by atoms with Crippen molar-refractivity contribution in [1.82, 2.24) is 19.2 Å². The van der Waals surface area contributed by atoms with E-state index in [2.05, 4.69) is 10.1 Å². The SMILES string of the molecule is COc1ccc(Cn2ccc3c(cnc4c(-c5ccc(F)cc5)c(C)nn43)c2=O)cc1. The van der Waals surface area contributed by atoms with Crippen molar-refractivity contribution in [3.05, 3.63) is 94.4 Å². The standard InChI is InChI=1S/C24H19FN4O2/c1-15-22(17-5-7-18(25)8-6-17)23-26-13-20-21(29(23)27-15)11-12-28(24(20)30)14-16-3-9-19(31-2)10-4-16/h3-13H,14H2,1-2H3. The Hall–Kier alpha value is -4.00. The van der Waals surface area contributed by atoms with Crippen LogP contribution in [0.15, 0.2) is 71.8 Å². The largest absolute Gasteiger partial charge is 0.497 e. The minimum Gasteiger partial charge on any atom is -0.497 e. The summed E-state index contributed by atoms with van der Waals surface area (Å²) in [5, 5.41) is 5.10. The van der Waals surface area contributed by atoms with Gasteiger partial charge in [0.05, 0.1) is 30.3 Å². The zero-order valence-electron chi connectivity index (χ0n) is 17.0. The lowest BCUT2D eigenvalue weighted by atomic mass is 10.1. The maximum Gasteiger partial charge on any atom is 0.261 e. The summed E-state index contributed by atoms with van der Waals surface area (Å²) in [6.45, 7) is 2.32. The lowest BCUT2D eigenvalue weighted by Crippen LogP contribution is -2.21. The second-order valence-electron chi connectivity index (χ2n) is 7.36. The number of halogens is 1. The number of hydrogen-bond acceptors (Lipinski definition) is 4. The molecule has 6 nitrogen and oxygen atoms in total. The van der Waals surface area contributed by atoms with Crippen LogP contribution in [0.4, 0.5) is 4.39 Å². The molecule has 0 aliphatic heterocycles. The van der Waals surface area contributed by atoms with Gasteiger partial charge >= 0.3 is 0 Å². The molecule has 7 heteroatoms. The van der Waals surface area contributed by atoms with Gasteiger partial charge in [0.1, 0.15) is 11.6 Å². The summed E-state index contributed by atoms with van der Waals surface area (Å²) in [6, 6.07) is 15.7. The van der Waals surface area contributed by atoms with Crippen LogP contribution in [-0.4, -0.2) is 26.3 Å². The van der Waals surface area contributed by atoms with Gasteiger partial charge in [-0.2, -0.15) is 5.10 Å². The van der Waals surface area contributed by atoms with Crippen molar-refractivity contribution in [3.8, 4) is 16.9 Å². The van der Waals surface area contributed by atoms with E-state index in [0.29, 0.717) is 23.1 Å². The minimum absolute atomic E-state index is 0.140. The van der Waals surface area contributed by atoms with Gasteiger partial charge in [-0.05, 0) is 48.4 Å². The number of aromatic nitrogens is 4. The number of aryl methyl sites for hydroxylation is 1. The first-order valence-corrected chi connectivity index (χ1v) is 9.81. The number of fused-ring (bicyclic) bond motifs is 3. The molecule has 0 saturated heterocycles. The Morgan fingerprint density at radius 2 is 1.77 bits per heavy atom. The fourth-order valence-corrected chi connectivity index (χ4v) is 3.82. The van der Waals surface area contributed by atoms with Gasteiger partial charge in [-0.25, -0.2) is 13.9 Å². The van der Waals surface area contributed by atoms with Crippen LogP contribution in [0, 0.1) is 12.7 Å². The summed E-state index contributed by atoms with van der Waals surface area (Å²) < 4.78 is 21.9. The third-order valence-electron chi connectivity index (χ3n) is 5.40. The van der Waals surface area contributed by atoms with Gasteiger partial charge in [0.15, 0.2) is 5.65 Å². The number of nitrogens with zero attached hydrogens (tertiary/aromatic N) is 4. The molecule has 0 fully saturated rings. The number of benzene rings is 2. The molecule has 31 heavy (non-hydrogen) atoms. The molecule has 3 heterocycles. The first-order chi connectivity index (χ1) is 15.0. The first kappa shape index (κ1) is 19.0. The number of pyridine rings is 1. The van der Waals surface area contributed by atoms with E-state index in [1.807, 2.05) is 37.3 Å². The molecule has 0 spiro atoms. The lowest BCUT2D eigenvalue weighted by Gasteiger charge is -2.09. The highest BCUT2D eigenvalue weighted by Gasteiger charge is 2.16. The van der Waals surface area contributed by atoms with Crippen LogP contribution in [0.3, 0.4) is 0 Å². The Balaban J connectivity index is 1.61. The van der Waals surface area contributed by atoms with E-state index in [0.717, 1.165) is 28.1 Å². The van der Waals surface area contributed by atoms with E-state index in [1.165, 1.54) is 12.1 Å². The second-order valence-corrected chi connectivity index (χ2v) is 7.36. The van der Waals surface area contributed by atoms with Gasteiger partial charge in [0, 0.05) is 18.0 Å². The monoisotopic (exact) mass is 414 g/mol. The smallest absolute Gasteiger partial charge is 0.261 e. The highest BCUT2D eigenvalue weighted by molar-refractivity contribution is 5.86. The number of rotatable bonds is 4. The maximum atomic E-state index is 13.3. The second kappa shape index (κ2) is 7.36. The van der Waals surface area contributed by atoms with Crippen molar-refractivity contribution in [1.29, 1.82) is 0 Å². The fourth-order valence-electron chi connectivity index (χ4n) is 3.82. The molecule has 3 aromatic heterocycles. The van der Waals surface area contributed by atoms with Crippen LogP contribution < -0.4 is 10.3 Å². The van der Waals surface area contributed by atoms with Crippen molar-refractivity contribution < 1.29 is 9.13 Å². The fraction of sp³-hybridized carbons (Fsp3) is 0.125. The molecule has 0 aliphatic rings. The van der Waals surface area contributed by atoms with E-state index in [-0.39, 0.29) is 11.4 Å². The molecule has 0 unspecified atom stereocenters. The van der Waals surface area contributed by atoms with Crippen molar-refractivity contribution >= 4 is 16.6 Å². The van der Waals surface area contributed by atoms with Crippen molar-refractivity contribution in [2.75, 3.05) is 7.11 Å². The summed E-state index contributed by atoms with van der Waals surface area (Å²) in [5.41, 5.74) is 4.57. The first-order valence-electron chi connectivity index (χ1n) is 9.81. The van der Waals surface area contributed by atoms with Gasteiger partial charge in [-0.15, -0.1) is 0 Å². The molecule has 5 aromatic rings. The Morgan fingerprint density at radius 1 is 1.03 bits per heavy atom. The molecule has 0 N–H and O–H groups in total. The number of hydrogen-bond donors (Lipinski definition) is 0. The van der Waals surface area contributed by atoms with Gasteiger partial charge in [-0.3, -0.25) is 4.79 Å². The third-order valence-corrected chi connectivity index (χ3v) is 5.40. The average molecular weight is 414 g/mol. The van der Waals surface area contributed by atoms with Crippen molar-refractivity contribution in [3.63, 3.8) is 0 Å². The van der Waals surface area contributed by atoms with Crippen LogP contribution >= 0.6 is 0 Å². The Kier molecular flexibility index (Phi) is 4.51. The molecule has 2 aromatic carbocycles. The highest BCUT2D eigenvalue weighted by atomic mass is 19.1. The zero-order chi connectivity index (χ0) is 21.5. The van der Waals surface area contributed by atoms with Crippen molar-refractivity contribution in [2.24, 2.45) is 0 Å². The Labute approximate surface area is 177 Å². The highest BCUT2D eigenvalue weighted by Crippen LogP contribution is 2.28. The lowest BCUT2D eigenvalue weighted by molar-refractivity contribution is 0.414. The Morgan fingerprint density at radius 3 is 2.48 bits per heavy atom. The Bertz CT molecular complexity index is 1470. The molecular formula is C24H19FN4O2. The summed E-state index contributed by atoms with van der Waals surface area (Å²) in [7, 11) is 1.62. The van der Waals surface area contributed by atoms with E-state index in [9.17, 15) is 9.18 Å². The summed E-state index contributed by atoms with van der Waals surface area (Å²) >= 11 is 0. The number of methoxy groups -OCH3 is 1. The predicted molar refractivity (Wildman–Crippen MR) is 117 cm³/mol. The average Bonchev–Trinajstić information content (AvgIpc) is 3.13. The molecule has 154 valence electrons. The van der Waals surface area contributed by atoms with Crippen LogP contribution in [0.1, 0.15) is 11.3 Å². The van der Waals surface area contributed by atoms with Crippen LogP contribution in [0.2, 0.25) is 0 Å². The van der Waals surface area contributed by atoms with E-state index < -0.39 is 0 Å². The number of ether oxygens (including phenoxy) is 1. The topological polar surface area (TPSA) is 61.4 Å². The van der Waals surface area contributed by atoms with E-state index >= 15 is 0 Å². The van der Waals surface area contributed by atoms with E-state index in [4.69, 9.17) is 4.74 Å². The molecule has 5 rings (SSSR count). The van der Waals surface area contributed by atoms with Gasteiger partial charge in [0.25, 0.3) is 5.56 Å². The molecule has 0 amide bonds. The van der Waals surface area contributed by atoms with E-state index in [1.54, 1.807) is 40.7 Å². The zero-order valence-corrected chi connectivity index (χ0v) is 17.0. The maximum absolute atomic E-state index is 13.3. The third kappa shape index (κ3) is 3.24. The van der Waals surface area contributed by atoms with Gasteiger partial charge in [-0.1, -0.05) is 24.3 Å². The predicted octanol–water partition coefficient (Wildman–Crippen LogP) is 4.22. The van der Waals surface area contributed by atoms with Crippen LogP contribution in [0.5, 0.6) is 5.75 Å². The summed E-state index contributed by atoms with van der Waals surface area (Å²) in [4.78, 5) is 17.7. The molecule has 0 bridgehead atoms. The molecule has 0 atom stereocenters. The van der Waals surface area contributed by atoms with Crippen LogP contribution in [-0.2, 0) is 6.54 Å². The minimum atomic E-state index is -0.298. The summed E-state index contributed by atoms with van der Waals surface area (Å²) in [5.74, 6) is 0.473. The molecule has 0 aliphatic carbocycles. The normalized spacial score (nSPS) is 11.3. The van der Waals surface area contributed by atoms with Gasteiger partial charge < -0.3 is 9.30 Å². The molecule has 0 saturated carbocycles. The molecule has 0 radical (unpaired) electrons. The van der Waals surface area contributed by atoms with Crippen molar-refractivity contribution in [2.45, 2.75) is 13.5 Å². The van der Waals surface area contributed by atoms with Crippen LogP contribution in [0.25, 0.3) is 27.7 Å². The van der Waals surface area contributed by atoms with Gasteiger partial charge in [0.2, 0.25) is 0 Å². The molecular weight excluding hydrogens is 395 g/mol. The quantitative estimate of drug-likeness (QED) is 0.442. The summed E-state index contributed by atoms with van der Waals surface area (Å²) in [6.07, 6.45) is 3.36.